The van der Waals surface area contributed by atoms with Gasteiger partial charge in [0.25, 0.3) is 0 Å². The molecule has 4 nitrogen and oxygen atoms in total. The molecule has 0 bridgehead atoms. The second-order valence-corrected chi connectivity index (χ2v) is 4.69. The second-order valence-electron chi connectivity index (χ2n) is 4.69. The Bertz CT molecular complexity index is 557. The van der Waals surface area contributed by atoms with Gasteiger partial charge in [-0.2, -0.15) is 13.2 Å². The van der Waals surface area contributed by atoms with Gasteiger partial charge in [-0.25, -0.2) is 4.79 Å². The Morgan fingerprint density at radius 3 is 2.67 bits per heavy atom. The van der Waals surface area contributed by atoms with E-state index in [1.54, 1.807) is 6.92 Å². The SMILES string of the molecule is CCOC(=O)C1NC(=O)CC1c1ccccc1C(F)(F)F. The molecule has 0 aromatic heterocycles. The summed E-state index contributed by atoms with van der Waals surface area (Å²) in [5, 5.41) is 2.38. The molecule has 0 aliphatic carbocycles. The molecule has 7 heteroatoms. The number of carbonyl (C=O) groups excluding carboxylic acids is 2. The molecule has 2 rings (SSSR count). The maximum Gasteiger partial charge on any atom is 0.416 e. The van der Waals surface area contributed by atoms with Crippen LogP contribution in [0.4, 0.5) is 13.2 Å². The van der Waals surface area contributed by atoms with E-state index < -0.39 is 35.6 Å². The normalized spacial score (nSPS) is 22.0. The van der Waals surface area contributed by atoms with Crippen molar-refractivity contribution in [1.29, 1.82) is 0 Å². The second kappa shape index (κ2) is 5.75. The Kier molecular flexibility index (Phi) is 4.20. The van der Waals surface area contributed by atoms with Crippen molar-refractivity contribution >= 4 is 11.9 Å². The number of amides is 1. The highest BCUT2D eigenvalue weighted by Crippen LogP contribution is 2.39. The molecule has 1 aliphatic rings. The summed E-state index contributed by atoms with van der Waals surface area (Å²) in [6.07, 6.45) is -4.71. The summed E-state index contributed by atoms with van der Waals surface area (Å²) in [5.74, 6) is -2.06. The predicted molar refractivity (Wildman–Crippen MR) is 67.4 cm³/mol. The summed E-state index contributed by atoms with van der Waals surface area (Å²) < 4.78 is 44.0. The van der Waals surface area contributed by atoms with E-state index in [1.165, 1.54) is 18.2 Å². The highest BCUT2D eigenvalue weighted by Gasteiger charge is 2.43. The molecule has 1 aromatic rings. The average Bonchev–Trinajstić information content (AvgIpc) is 2.80. The first-order valence-corrected chi connectivity index (χ1v) is 6.46. The average molecular weight is 301 g/mol. The zero-order valence-electron chi connectivity index (χ0n) is 11.2. The lowest BCUT2D eigenvalue weighted by Crippen LogP contribution is -2.38. The standard InChI is InChI=1S/C14H14F3NO3/c1-2-21-13(20)12-9(7-11(19)18-12)8-5-3-4-6-10(8)14(15,16)17/h3-6,9,12H,2,7H2,1H3,(H,18,19). The molecule has 1 aromatic carbocycles. The summed E-state index contributed by atoms with van der Waals surface area (Å²) in [6.45, 7) is 1.69. The number of halogens is 3. The van der Waals surface area contributed by atoms with Crippen molar-refractivity contribution in [3.8, 4) is 0 Å². The molecule has 1 fully saturated rings. The van der Waals surface area contributed by atoms with Crippen LogP contribution in [0.2, 0.25) is 0 Å². The monoisotopic (exact) mass is 301 g/mol. The first kappa shape index (κ1) is 15.3. The van der Waals surface area contributed by atoms with E-state index in [1.807, 2.05) is 0 Å². The molecule has 2 atom stereocenters. The van der Waals surface area contributed by atoms with E-state index in [9.17, 15) is 22.8 Å². The zero-order valence-corrected chi connectivity index (χ0v) is 11.2. The van der Waals surface area contributed by atoms with E-state index in [0.29, 0.717) is 0 Å². The molecule has 114 valence electrons. The first-order chi connectivity index (χ1) is 9.84. The van der Waals surface area contributed by atoms with E-state index in [2.05, 4.69) is 5.32 Å². The van der Waals surface area contributed by atoms with Crippen molar-refractivity contribution in [2.24, 2.45) is 0 Å². The van der Waals surface area contributed by atoms with Crippen LogP contribution in [0.5, 0.6) is 0 Å². The van der Waals surface area contributed by atoms with Gasteiger partial charge in [0, 0.05) is 12.3 Å². The minimum atomic E-state index is -4.54. The van der Waals surface area contributed by atoms with Gasteiger partial charge in [-0.1, -0.05) is 18.2 Å². The van der Waals surface area contributed by atoms with Gasteiger partial charge in [0.1, 0.15) is 6.04 Å². The molecule has 0 radical (unpaired) electrons. The molecule has 1 aliphatic heterocycles. The Morgan fingerprint density at radius 1 is 1.38 bits per heavy atom. The molecule has 0 spiro atoms. The van der Waals surface area contributed by atoms with Gasteiger partial charge < -0.3 is 10.1 Å². The number of benzene rings is 1. The number of carbonyl (C=O) groups is 2. The fraction of sp³-hybridized carbons (Fsp3) is 0.429. The van der Waals surface area contributed by atoms with Crippen LogP contribution in [-0.2, 0) is 20.5 Å². The van der Waals surface area contributed by atoms with Crippen LogP contribution in [-0.4, -0.2) is 24.5 Å². The molecular formula is C14H14F3NO3. The van der Waals surface area contributed by atoms with Gasteiger partial charge in [-0.05, 0) is 18.6 Å². The molecule has 1 saturated heterocycles. The number of hydrogen-bond acceptors (Lipinski definition) is 3. The van der Waals surface area contributed by atoms with Gasteiger partial charge in [0.05, 0.1) is 12.2 Å². The van der Waals surface area contributed by atoms with Crippen molar-refractivity contribution in [2.45, 2.75) is 31.5 Å². The van der Waals surface area contributed by atoms with Crippen LogP contribution >= 0.6 is 0 Å². The van der Waals surface area contributed by atoms with Crippen LogP contribution in [0.25, 0.3) is 0 Å². The molecule has 1 heterocycles. The predicted octanol–water partition coefficient (Wildman–Crippen LogP) is 2.24. The van der Waals surface area contributed by atoms with Crippen LogP contribution in [0.1, 0.15) is 30.4 Å². The lowest BCUT2D eigenvalue weighted by Gasteiger charge is -2.21. The van der Waals surface area contributed by atoms with Crippen molar-refractivity contribution in [2.75, 3.05) is 6.61 Å². The number of rotatable bonds is 3. The van der Waals surface area contributed by atoms with Crippen molar-refractivity contribution in [3.05, 3.63) is 35.4 Å². The van der Waals surface area contributed by atoms with Gasteiger partial charge in [0.2, 0.25) is 5.91 Å². The summed E-state index contributed by atoms with van der Waals surface area (Å²) in [7, 11) is 0. The molecule has 1 N–H and O–H groups in total. The maximum atomic E-state index is 13.1. The topological polar surface area (TPSA) is 55.4 Å². The summed E-state index contributed by atoms with van der Waals surface area (Å²) in [4.78, 5) is 23.3. The summed E-state index contributed by atoms with van der Waals surface area (Å²) >= 11 is 0. The highest BCUT2D eigenvalue weighted by molar-refractivity contribution is 5.90. The number of ether oxygens (including phenoxy) is 1. The Morgan fingerprint density at radius 2 is 2.05 bits per heavy atom. The fourth-order valence-corrected chi connectivity index (χ4v) is 2.47. The molecule has 21 heavy (non-hydrogen) atoms. The minimum absolute atomic E-state index is 0.0681. The van der Waals surface area contributed by atoms with Gasteiger partial charge in [-0.15, -0.1) is 0 Å². The first-order valence-electron chi connectivity index (χ1n) is 6.46. The number of esters is 1. The van der Waals surface area contributed by atoms with Gasteiger partial charge in [0.15, 0.2) is 0 Å². The van der Waals surface area contributed by atoms with Crippen molar-refractivity contribution in [1.82, 2.24) is 5.32 Å². The van der Waals surface area contributed by atoms with E-state index in [-0.39, 0.29) is 18.6 Å². The summed E-state index contributed by atoms with van der Waals surface area (Å²) in [6, 6.07) is 3.88. The number of alkyl halides is 3. The Balaban J connectivity index is 2.40. The minimum Gasteiger partial charge on any atom is -0.464 e. The molecular weight excluding hydrogens is 287 g/mol. The maximum absolute atomic E-state index is 13.1. The Hall–Kier alpha value is -2.05. The highest BCUT2D eigenvalue weighted by atomic mass is 19.4. The van der Waals surface area contributed by atoms with Crippen molar-refractivity contribution < 1.29 is 27.5 Å². The number of hydrogen-bond donors (Lipinski definition) is 1. The third-order valence-corrected chi connectivity index (χ3v) is 3.33. The zero-order chi connectivity index (χ0) is 15.6. The quantitative estimate of drug-likeness (QED) is 0.871. The smallest absolute Gasteiger partial charge is 0.416 e. The third-order valence-electron chi connectivity index (χ3n) is 3.33. The van der Waals surface area contributed by atoms with E-state index >= 15 is 0 Å². The largest absolute Gasteiger partial charge is 0.464 e. The summed E-state index contributed by atoms with van der Waals surface area (Å²) in [5.41, 5.74) is -0.901. The van der Waals surface area contributed by atoms with Crippen LogP contribution < -0.4 is 5.32 Å². The molecule has 0 saturated carbocycles. The lowest BCUT2D eigenvalue weighted by atomic mass is 9.88. The van der Waals surface area contributed by atoms with Crippen LogP contribution in [0.15, 0.2) is 24.3 Å². The molecule has 1 amide bonds. The van der Waals surface area contributed by atoms with Gasteiger partial charge in [-0.3, -0.25) is 4.79 Å². The van der Waals surface area contributed by atoms with E-state index in [4.69, 9.17) is 4.74 Å². The Labute approximate surface area is 119 Å². The third kappa shape index (κ3) is 3.17. The fourth-order valence-electron chi connectivity index (χ4n) is 2.47. The molecule has 2 unspecified atom stereocenters. The van der Waals surface area contributed by atoms with Gasteiger partial charge >= 0.3 is 12.1 Å². The van der Waals surface area contributed by atoms with E-state index in [0.717, 1.165) is 6.07 Å². The van der Waals surface area contributed by atoms with Crippen LogP contribution in [0, 0.1) is 0 Å². The lowest BCUT2D eigenvalue weighted by molar-refractivity contribution is -0.147. The van der Waals surface area contributed by atoms with Crippen LogP contribution in [0.3, 0.4) is 0 Å². The van der Waals surface area contributed by atoms with Crippen molar-refractivity contribution in [3.63, 3.8) is 0 Å². The number of nitrogens with one attached hydrogen (secondary N) is 1.